The number of carbonyl (C=O) groups is 1. The fourth-order valence-electron chi connectivity index (χ4n) is 1.55. The highest BCUT2D eigenvalue weighted by atomic mass is 16.4. The van der Waals surface area contributed by atoms with Gasteiger partial charge in [-0.15, -0.1) is 0 Å². The van der Waals surface area contributed by atoms with Crippen molar-refractivity contribution in [3.05, 3.63) is 0 Å². The van der Waals surface area contributed by atoms with E-state index in [1.165, 1.54) is 0 Å². The number of hydrogen-bond donors (Lipinski definition) is 3. The van der Waals surface area contributed by atoms with Crippen molar-refractivity contribution >= 4 is 5.97 Å². The summed E-state index contributed by atoms with van der Waals surface area (Å²) in [4.78, 5) is 10.5. The van der Waals surface area contributed by atoms with Gasteiger partial charge in [0.25, 0.3) is 0 Å². The van der Waals surface area contributed by atoms with Crippen molar-refractivity contribution < 1.29 is 15.0 Å². The van der Waals surface area contributed by atoms with Crippen molar-refractivity contribution in [3.8, 4) is 0 Å². The number of rotatable bonds is 1. The minimum absolute atomic E-state index is 0.378. The molecule has 0 saturated heterocycles. The van der Waals surface area contributed by atoms with Crippen molar-refractivity contribution in [2.75, 3.05) is 0 Å². The molecule has 0 aromatic rings. The summed E-state index contributed by atoms with van der Waals surface area (Å²) in [6.45, 7) is 0. The summed E-state index contributed by atoms with van der Waals surface area (Å²) in [7, 11) is 0. The summed E-state index contributed by atoms with van der Waals surface area (Å²) in [5.41, 5.74) is 5.53. The fraction of sp³-hybridized carbons (Fsp3) is 0.857. The van der Waals surface area contributed by atoms with E-state index in [1.54, 1.807) is 0 Å². The molecule has 0 bridgehead atoms. The van der Waals surface area contributed by atoms with Gasteiger partial charge in [0.2, 0.25) is 0 Å². The number of carboxylic acid groups (broad SMARTS) is 1. The van der Waals surface area contributed by atoms with Gasteiger partial charge in [0, 0.05) is 6.04 Å². The van der Waals surface area contributed by atoms with Gasteiger partial charge < -0.3 is 15.9 Å². The maximum absolute atomic E-state index is 10.5. The second-order valence-corrected chi connectivity index (χ2v) is 3.03. The number of nitrogens with two attached hydrogens (primary N) is 1. The summed E-state index contributed by atoms with van der Waals surface area (Å²) in [6.07, 6.45) is 1.33. The second-order valence-electron chi connectivity index (χ2n) is 3.03. The molecule has 0 radical (unpaired) electrons. The van der Waals surface area contributed by atoms with Crippen LogP contribution in [0.15, 0.2) is 0 Å². The van der Waals surface area contributed by atoms with Gasteiger partial charge in [-0.2, -0.15) is 0 Å². The molecule has 3 atom stereocenters. The smallest absolute Gasteiger partial charge is 0.310 e. The Kier molecular flexibility index (Phi) is 2.46. The van der Waals surface area contributed by atoms with Gasteiger partial charge >= 0.3 is 5.97 Å². The second kappa shape index (κ2) is 3.19. The molecule has 0 aliphatic heterocycles. The van der Waals surface area contributed by atoms with Crippen LogP contribution in [0.1, 0.15) is 19.3 Å². The van der Waals surface area contributed by atoms with E-state index < -0.39 is 18.0 Å². The minimum Gasteiger partial charge on any atom is -0.481 e. The summed E-state index contributed by atoms with van der Waals surface area (Å²) in [5, 5.41) is 17.9. The molecule has 4 nitrogen and oxygen atoms in total. The van der Waals surface area contributed by atoms with Crippen LogP contribution in [0, 0.1) is 5.92 Å². The Morgan fingerprint density at radius 3 is 2.45 bits per heavy atom. The lowest BCUT2D eigenvalue weighted by Crippen LogP contribution is -2.46. The first-order valence-corrected chi connectivity index (χ1v) is 3.79. The van der Waals surface area contributed by atoms with E-state index in [0.717, 1.165) is 6.42 Å². The van der Waals surface area contributed by atoms with Crippen LogP contribution in [0.4, 0.5) is 0 Å². The zero-order valence-corrected chi connectivity index (χ0v) is 6.23. The third kappa shape index (κ3) is 1.70. The highest BCUT2D eigenvalue weighted by Crippen LogP contribution is 2.23. The van der Waals surface area contributed by atoms with Crippen molar-refractivity contribution in [3.63, 3.8) is 0 Å². The normalized spacial score (nSPS) is 38.5. The van der Waals surface area contributed by atoms with Crippen LogP contribution < -0.4 is 5.73 Å². The monoisotopic (exact) mass is 159 g/mol. The minimum atomic E-state index is -0.982. The highest BCUT2D eigenvalue weighted by Gasteiger charge is 2.35. The predicted molar refractivity (Wildman–Crippen MR) is 39.0 cm³/mol. The number of hydrogen-bond acceptors (Lipinski definition) is 3. The molecule has 1 rings (SSSR count). The zero-order valence-electron chi connectivity index (χ0n) is 6.23. The van der Waals surface area contributed by atoms with E-state index in [1.807, 2.05) is 0 Å². The Morgan fingerprint density at radius 2 is 2.09 bits per heavy atom. The van der Waals surface area contributed by atoms with Crippen LogP contribution in [0.2, 0.25) is 0 Å². The molecule has 11 heavy (non-hydrogen) atoms. The average Bonchev–Trinajstić information content (AvgIpc) is 1.85. The lowest BCUT2D eigenvalue weighted by Gasteiger charge is -2.29. The molecule has 0 unspecified atom stereocenters. The molecule has 4 heteroatoms. The Labute approximate surface area is 65.0 Å². The Hall–Kier alpha value is -0.610. The van der Waals surface area contributed by atoms with E-state index in [9.17, 15) is 9.90 Å². The molecule has 1 saturated carbocycles. The summed E-state index contributed by atoms with van der Waals surface area (Å²) < 4.78 is 0. The Balaban J connectivity index is 2.62. The molecule has 64 valence electrons. The van der Waals surface area contributed by atoms with Crippen LogP contribution >= 0.6 is 0 Å². The van der Waals surface area contributed by atoms with E-state index in [-0.39, 0.29) is 6.04 Å². The molecule has 0 spiro atoms. The van der Waals surface area contributed by atoms with Crippen LogP contribution in [0.25, 0.3) is 0 Å². The fourth-order valence-corrected chi connectivity index (χ4v) is 1.55. The molecular weight excluding hydrogens is 146 g/mol. The molecule has 4 N–H and O–H groups in total. The zero-order chi connectivity index (χ0) is 8.43. The number of aliphatic hydroxyl groups excluding tert-OH is 1. The molecular formula is C7H13NO3. The quantitative estimate of drug-likeness (QED) is 0.484. The highest BCUT2D eigenvalue weighted by molar-refractivity contribution is 5.71. The molecule has 0 amide bonds. The topological polar surface area (TPSA) is 83.5 Å². The van der Waals surface area contributed by atoms with Crippen molar-refractivity contribution in [2.24, 2.45) is 11.7 Å². The van der Waals surface area contributed by atoms with E-state index in [2.05, 4.69) is 0 Å². The van der Waals surface area contributed by atoms with E-state index in [0.29, 0.717) is 12.8 Å². The standard InChI is InChI=1S/C7H13NO3/c8-4-2-1-3-5(9)6(4)7(10)11/h4-6,9H,1-3,8H2,(H,10,11)/t4-,5-,6+/m0/s1. The average molecular weight is 159 g/mol. The van der Waals surface area contributed by atoms with Gasteiger partial charge in [0.05, 0.1) is 12.0 Å². The lowest BCUT2D eigenvalue weighted by molar-refractivity contribution is -0.148. The number of aliphatic carboxylic acids is 1. The first kappa shape index (κ1) is 8.49. The summed E-state index contributed by atoms with van der Waals surface area (Å²) in [6, 6.07) is -0.378. The van der Waals surface area contributed by atoms with Crippen LogP contribution in [-0.4, -0.2) is 28.3 Å². The lowest BCUT2D eigenvalue weighted by atomic mass is 9.83. The van der Waals surface area contributed by atoms with Gasteiger partial charge in [-0.3, -0.25) is 4.79 Å². The third-order valence-corrected chi connectivity index (χ3v) is 2.20. The SMILES string of the molecule is N[C@H]1CCC[C@H](O)[C@@H]1C(=O)O. The third-order valence-electron chi connectivity index (χ3n) is 2.20. The largest absolute Gasteiger partial charge is 0.481 e. The van der Waals surface area contributed by atoms with Gasteiger partial charge in [-0.25, -0.2) is 0 Å². The predicted octanol–water partition coefficient (Wildman–Crippen LogP) is -0.441. The number of carboxylic acids is 1. The Morgan fingerprint density at radius 1 is 1.45 bits per heavy atom. The van der Waals surface area contributed by atoms with Crippen LogP contribution in [-0.2, 0) is 4.79 Å². The van der Waals surface area contributed by atoms with Crippen molar-refractivity contribution in [1.29, 1.82) is 0 Å². The van der Waals surface area contributed by atoms with Crippen LogP contribution in [0.5, 0.6) is 0 Å². The molecule has 1 fully saturated rings. The van der Waals surface area contributed by atoms with Crippen LogP contribution in [0.3, 0.4) is 0 Å². The molecule has 0 aromatic carbocycles. The van der Waals surface area contributed by atoms with Crippen molar-refractivity contribution in [2.45, 2.75) is 31.4 Å². The van der Waals surface area contributed by atoms with Gasteiger partial charge in [-0.05, 0) is 19.3 Å². The first-order chi connectivity index (χ1) is 5.13. The summed E-state index contributed by atoms with van der Waals surface area (Å²) >= 11 is 0. The maximum Gasteiger partial charge on any atom is 0.310 e. The number of aliphatic hydroxyl groups is 1. The molecule has 1 aliphatic rings. The van der Waals surface area contributed by atoms with Gasteiger partial charge in [-0.1, -0.05) is 0 Å². The first-order valence-electron chi connectivity index (χ1n) is 3.79. The van der Waals surface area contributed by atoms with E-state index >= 15 is 0 Å². The van der Waals surface area contributed by atoms with Gasteiger partial charge in [0.1, 0.15) is 0 Å². The Bertz CT molecular complexity index is 150. The maximum atomic E-state index is 10.5. The molecule has 0 heterocycles. The molecule has 0 aromatic heterocycles. The van der Waals surface area contributed by atoms with Gasteiger partial charge in [0.15, 0.2) is 0 Å². The molecule has 1 aliphatic carbocycles. The van der Waals surface area contributed by atoms with Crippen molar-refractivity contribution in [1.82, 2.24) is 0 Å². The van der Waals surface area contributed by atoms with E-state index in [4.69, 9.17) is 10.8 Å². The summed E-state index contributed by atoms with van der Waals surface area (Å²) in [5.74, 6) is -1.74.